The van der Waals surface area contributed by atoms with Gasteiger partial charge in [-0.3, -0.25) is 4.79 Å². The second-order valence-corrected chi connectivity index (χ2v) is 10.7. The SMILES string of the molecule is CC(=O)c1ccc2nc(Cc3ccc(-c4cccc(OCc5ccc(C#N)cc5F)n4)cc3F)n(C[C@@H]3CCOC3)c2c1. The number of ether oxygens (including phenoxy) is 2. The van der Waals surface area contributed by atoms with E-state index in [1.807, 2.05) is 18.2 Å². The number of pyridine rings is 1. The molecule has 1 atom stereocenters. The van der Waals surface area contributed by atoms with Crippen LogP contribution in [0.4, 0.5) is 8.78 Å². The van der Waals surface area contributed by atoms with Gasteiger partial charge in [-0.05, 0) is 61.4 Å². The van der Waals surface area contributed by atoms with Gasteiger partial charge in [-0.25, -0.2) is 18.7 Å². The van der Waals surface area contributed by atoms with E-state index >= 15 is 4.39 Å². The van der Waals surface area contributed by atoms with Gasteiger partial charge in [0.1, 0.15) is 24.1 Å². The molecular formula is C34H28F2N4O3. The van der Waals surface area contributed by atoms with E-state index in [0.717, 1.165) is 29.3 Å². The lowest BCUT2D eigenvalue weighted by molar-refractivity contribution is 0.101. The third-order valence-electron chi connectivity index (χ3n) is 7.68. The minimum atomic E-state index is -0.530. The highest BCUT2D eigenvalue weighted by molar-refractivity contribution is 5.97. The van der Waals surface area contributed by atoms with E-state index in [2.05, 4.69) is 9.55 Å². The first-order valence-corrected chi connectivity index (χ1v) is 14.0. The summed E-state index contributed by atoms with van der Waals surface area (Å²) in [6.45, 7) is 3.52. The Balaban J connectivity index is 1.23. The number of benzene rings is 3. The molecule has 1 fully saturated rings. The van der Waals surface area contributed by atoms with Crippen LogP contribution in [-0.4, -0.2) is 33.5 Å². The van der Waals surface area contributed by atoms with Crippen LogP contribution in [0.25, 0.3) is 22.3 Å². The molecule has 0 saturated carbocycles. The van der Waals surface area contributed by atoms with Crippen molar-refractivity contribution in [1.82, 2.24) is 14.5 Å². The van der Waals surface area contributed by atoms with Crippen molar-refractivity contribution in [2.45, 2.75) is 32.9 Å². The molecule has 0 amide bonds. The highest BCUT2D eigenvalue weighted by Crippen LogP contribution is 2.27. The predicted molar refractivity (Wildman–Crippen MR) is 157 cm³/mol. The van der Waals surface area contributed by atoms with Crippen molar-refractivity contribution in [1.29, 1.82) is 5.26 Å². The smallest absolute Gasteiger partial charge is 0.214 e. The van der Waals surface area contributed by atoms with Crippen LogP contribution >= 0.6 is 0 Å². The Labute approximate surface area is 247 Å². The average molecular weight is 579 g/mol. The lowest BCUT2D eigenvalue weighted by atomic mass is 10.0. The third-order valence-corrected chi connectivity index (χ3v) is 7.68. The molecule has 0 unspecified atom stereocenters. The van der Waals surface area contributed by atoms with Crippen molar-refractivity contribution in [2.24, 2.45) is 5.92 Å². The van der Waals surface area contributed by atoms with Crippen LogP contribution in [-0.2, 0) is 24.3 Å². The molecule has 0 aliphatic carbocycles. The van der Waals surface area contributed by atoms with E-state index < -0.39 is 11.6 Å². The van der Waals surface area contributed by atoms with E-state index in [-0.39, 0.29) is 30.3 Å². The number of rotatable bonds is 9. The molecule has 9 heteroatoms. The van der Waals surface area contributed by atoms with Crippen LogP contribution in [0.15, 0.2) is 72.8 Å². The number of nitriles is 1. The van der Waals surface area contributed by atoms with Gasteiger partial charge in [0.05, 0.1) is 35.0 Å². The first-order valence-electron chi connectivity index (χ1n) is 14.0. The van der Waals surface area contributed by atoms with Crippen LogP contribution in [0.3, 0.4) is 0 Å². The number of fused-ring (bicyclic) bond motifs is 1. The van der Waals surface area contributed by atoms with E-state index in [9.17, 15) is 9.18 Å². The van der Waals surface area contributed by atoms with E-state index in [1.54, 1.807) is 36.4 Å². The lowest BCUT2D eigenvalue weighted by Gasteiger charge is -2.14. The molecule has 43 heavy (non-hydrogen) atoms. The fourth-order valence-electron chi connectivity index (χ4n) is 5.28. The van der Waals surface area contributed by atoms with Gasteiger partial charge in [-0.15, -0.1) is 0 Å². The van der Waals surface area contributed by atoms with Crippen LogP contribution in [0.5, 0.6) is 5.88 Å². The first kappa shape index (κ1) is 28.2. The summed E-state index contributed by atoms with van der Waals surface area (Å²) in [5.41, 5.74) is 4.32. The van der Waals surface area contributed by atoms with Crippen LogP contribution in [0.2, 0.25) is 0 Å². The molecular weight excluding hydrogens is 550 g/mol. The molecule has 1 aliphatic heterocycles. The molecule has 5 aromatic rings. The summed E-state index contributed by atoms with van der Waals surface area (Å²) in [5.74, 6) is 0.359. The number of aromatic nitrogens is 3. The van der Waals surface area contributed by atoms with Gasteiger partial charge in [0.2, 0.25) is 5.88 Å². The lowest BCUT2D eigenvalue weighted by Crippen LogP contribution is -2.14. The van der Waals surface area contributed by atoms with Gasteiger partial charge in [-0.1, -0.05) is 24.3 Å². The molecule has 0 N–H and O–H groups in total. The number of carbonyl (C=O) groups excluding carboxylic acids is 1. The molecule has 2 aromatic heterocycles. The average Bonchev–Trinajstić information content (AvgIpc) is 3.65. The van der Waals surface area contributed by atoms with Crippen LogP contribution < -0.4 is 4.74 Å². The van der Waals surface area contributed by atoms with Gasteiger partial charge >= 0.3 is 0 Å². The maximum absolute atomic E-state index is 15.5. The molecule has 6 rings (SSSR count). The molecule has 3 heterocycles. The summed E-state index contributed by atoms with van der Waals surface area (Å²) in [4.78, 5) is 21.4. The molecule has 0 radical (unpaired) electrons. The number of hydrogen-bond acceptors (Lipinski definition) is 6. The molecule has 0 bridgehead atoms. The molecule has 7 nitrogen and oxygen atoms in total. The summed E-state index contributed by atoms with van der Waals surface area (Å²) < 4.78 is 43.1. The fourth-order valence-corrected chi connectivity index (χ4v) is 5.28. The predicted octanol–water partition coefficient (Wildman–Crippen LogP) is 6.66. The van der Waals surface area contributed by atoms with E-state index in [1.165, 1.54) is 25.1 Å². The zero-order chi connectivity index (χ0) is 29.9. The topological polar surface area (TPSA) is 90.0 Å². The number of ketones is 1. The number of nitrogens with zero attached hydrogens (tertiary/aromatic N) is 4. The maximum Gasteiger partial charge on any atom is 0.214 e. The zero-order valence-corrected chi connectivity index (χ0v) is 23.5. The number of imidazole rings is 1. The summed E-state index contributed by atoms with van der Waals surface area (Å²) >= 11 is 0. The fraction of sp³-hybridized carbons (Fsp3) is 0.235. The summed E-state index contributed by atoms with van der Waals surface area (Å²) in [5, 5.41) is 8.93. The Hall–Kier alpha value is -4.94. The Morgan fingerprint density at radius 2 is 1.88 bits per heavy atom. The Morgan fingerprint density at radius 1 is 1.05 bits per heavy atom. The standard InChI is InChI=1S/C34H28F2N4O3/c1-21(41)24-9-10-31-32(15-24)40(18-23-11-12-42-19-23)33(38-31)16-25-7-8-26(14-29(25)36)30-3-2-4-34(39-30)43-20-27-6-5-22(17-37)13-28(27)35/h2-10,13-15,23H,11-12,16,18-20H2,1H3/t23-/m0/s1. The van der Waals surface area contributed by atoms with E-state index in [0.29, 0.717) is 53.6 Å². The summed E-state index contributed by atoms with van der Waals surface area (Å²) in [6.07, 6.45) is 1.21. The quantitative estimate of drug-likeness (QED) is 0.182. The Bertz CT molecular complexity index is 1870. The minimum absolute atomic E-state index is 0.0217. The van der Waals surface area contributed by atoms with Gasteiger partial charge in [-0.2, -0.15) is 5.26 Å². The highest BCUT2D eigenvalue weighted by Gasteiger charge is 2.21. The summed E-state index contributed by atoms with van der Waals surface area (Å²) in [6, 6.07) is 21.7. The molecule has 1 saturated heterocycles. The zero-order valence-electron chi connectivity index (χ0n) is 23.5. The van der Waals surface area contributed by atoms with Crippen LogP contribution in [0, 0.1) is 28.9 Å². The molecule has 3 aromatic carbocycles. The summed E-state index contributed by atoms with van der Waals surface area (Å²) in [7, 11) is 0. The molecule has 216 valence electrons. The van der Waals surface area contributed by atoms with Crippen molar-refractivity contribution >= 4 is 16.8 Å². The number of halogens is 2. The number of Topliss-reactive ketones (excluding diaryl/α,β-unsaturated/α-hetero) is 1. The molecule has 0 spiro atoms. The minimum Gasteiger partial charge on any atom is -0.473 e. The molecule has 1 aliphatic rings. The second-order valence-electron chi connectivity index (χ2n) is 10.7. The van der Waals surface area contributed by atoms with Crippen molar-refractivity contribution in [3.05, 3.63) is 113 Å². The number of hydrogen-bond donors (Lipinski definition) is 0. The van der Waals surface area contributed by atoms with Gasteiger partial charge in [0, 0.05) is 48.2 Å². The van der Waals surface area contributed by atoms with Gasteiger partial charge in [0.15, 0.2) is 5.78 Å². The van der Waals surface area contributed by atoms with Crippen molar-refractivity contribution in [3.8, 4) is 23.2 Å². The Morgan fingerprint density at radius 3 is 2.63 bits per heavy atom. The van der Waals surface area contributed by atoms with Gasteiger partial charge < -0.3 is 14.0 Å². The van der Waals surface area contributed by atoms with Crippen molar-refractivity contribution in [2.75, 3.05) is 13.2 Å². The Kier molecular flexibility index (Phi) is 7.95. The second kappa shape index (κ2) is 12.1. The monoisotopic (exact) mass is 578 g/mol. The first-order chi connectivity index (χ1) is 20.9. The van der Waals surface area contributed by atoms with Crippen molar-refractivity contribution in [3.63, 3.8) is 0 Å². The van der Waals surface area contributed by atoms with Gasteiger partial charge in [0.25, 0.3) is 0 Å². The van der Waals surface area contributed by atoms with Crippen LogP contribution in [0.1, 0.15) is 46.2 Å². The van der Waals surface area contributed by atoms with Crippen molar-refractivity contribution < 1.29 is 23.0 Å². The maximum atomic E-state index is 15.5. The van der Waals surface area contributed by atoms with E-state index in [4.69, 9.17) is 19.7 Å². The normalized spacial score (nSPS) is 14.6. The largest absolute Gasteiger partial charge is 0.473 e. The number of carbonyl (C=O) groups is 1. The third kappa shape index (κ3) is 6.15. The highest BCUT2D eigenvalue weighted by atomic mass is 19.1.